The first-order valence-corrected chi connectivity index (χ1v) is 13.2. The van der Waals surface area contributed by atoms with Crippen molar-refractivity contribution in [2.45, 2.75) is 39.5 Å². The normalized spacial score (nSPS) is 11.0. The van der Waals surface area contributed by atoms with Gasteiger partial charge in [0.15, 0.2) is 0 Å². The van der Waals surface area contributed by atoms with Crippen LogP contribution in [-0.4, -0.2) is 9.97 Å². The number of halogens is 1. The molecule has 2 nitrogen and oxygen atoms in total. The maximum Gasteiger partial charge on any atom is 0.0702 e. The Morgan fingerprint density at radius 2 is 0.892 bits per heavy atom. The number of hydrogen-bond donors (Lipinski definition) is 0. The molecule has 0 atom stereocenters. The number of nitrogens with zero attached hydrogens (tertiary/aromatic N) is 2. The van der Waals surface area contributed by atoms with Gasteiger partial charge in [0.2, 0.25) is 0 Å². The molecule has 184 valence electrons. The van der Waals surface area contributed by atoms with Crippen LogP contribution < -0.4 is 0 Å². The molecule has 2 aromatic heterocycles. The van der Waals surface area contributed by atoms with Crippen molar-refractivity contribution in [1.29, 1.82) is 0 Å². The van der Waals surface area contributed by atoms with Crippen LogP contribution in [0, 0.1) is 13.8 Å². The standard InChI is InChI=1S/C34H31ClN2/c1-24-3-17-33(36-22-24)30-13-9-26(10-14-30)5-7-28-19-29(21-32(35)20-28)8-6-27-11-15-31(16-12-27)34-18-4-25(2)23-37-34/h3-4,9-23H,5-8H2,1-2H3. The lowest BCUT2D eigenvalue weighted by atomic mass is 9.98. The molecule has 0 aliphatic heterocycles. The molecule has 0 N–H and O–H groups in total. The minimum atomic E-state index is 0.814. The van der Waals surface area contributed by atoms with Gasteiger partial charge in [0.1, 0.15) is 0 Å². The molecular weight excluding hydrogens is 472 g/mol. The first-order chi connectivity index (χ1) is 18.0. The van der Waals surface area contributed by atoms with Crippen molar-refractivity contribution in [3.05, 3.63) is 142 Å². The zero-order valence-electron chi connectivity index (χ0n) is 21.4. The minimum Gasteiger partial charge on any atom is -0.256 e. The molecule has 0 amide bonds. The van der Waals surface area contributed by atoms with Crippen LogP contribution in [0.15, 0.2) is 103 Å². The Bertz CT molecular complexity index is 1340. The van der Waals surface area contributed by atoms with Crippen molar-refractivity contribution >= 4 is 11.6 Å². The van der Waals surface area contributed by atoms with E-state index in [0.29, 0.717) is 0 Å². The third kappa shape index (κ3) is 6.72. The monoisotopic (exact) mass is 502 g/mol. The molecule has 0 fully saturated rings. The van der Waals surface area contributed by atoms with Gasteiger partial charge in [-0.05, 0) is 97.2 Å². The second-order valence-corrected chi connectivity index (χ2v) is 10.2. The fraction of sp³-hybridized carbons (Fsp3) is 0.176. The SMILES string of the molecule is Cc1ccc(-c2ccc(CCc3cc(Cl)cc(CCc4ccc(-c5ccc(C)cn5)cc4)c3)cc2)nc1. The highest BCUT2D eigenvalue weighted by atomic mass is 35.5. The quantitative estimate of drug-likeness (QED) is 0.212. The molecule has 3 aromatic carbocycles. The number of aryl methyl sites for hydroxylation is 6. The van der Waals surface area contributed by atoms with Gasteiger partial charge in [0, 0.05) is 28.5 Å². The zero-order chi connectivity index (χ0) is 25.6. The van der Waals surface area contributed by atoms with E-state index in [9.17, 15) is 0 Å². The Balaban J connectivity index is 1.18. The Morgan fingerprint density at radius 1 is 0.486 bits per heavy atom. The summed E-state index contributed by atoms with van der Waals surface area (Å²) in [4.78, 5) is 9.07. The molecule has 5 rings (SSSR count). The number of aromatic nitrogens is 2. The molecule has 0 aliphatic rings. The fourth-order valence-electron chi connectivity index (χ4n) is 4.54. The van der Waals surface area contributed by atoms with Gasteiger partial charge in [-0.15, -0.1) is 0 Å². The molecule has 0 spiro atoms. The summed E-state index contributed by atoms with van der Waals surface area (Å²) < 4.78 is 0. The van der Waals surface area contributed by atoms with E-state index in [4.69, 9.17) is 11.6 Å². The number of rotatable bonds is 8. The molecule has 3 heteroatoms. The van der Waals surface area contributed by atoms with Crippen molar-refractivity contribution in [3.63, 3.8) is 0 Å². The molecule has 5 aromatic rings. The van der Waals surface area contributed by atoms with Crippen molar-refractivity contribution in [2.24, 2.45) is 0 Å². The molecule has 0 saturated heterocycles. The van der Waals surface area contributed by atoms with E-state index >= 15 is 0 Å². The van der Waals surface area contributed by atoms with Crippen LogP contribution in [0.2, 0.25) is 5.02 Å². The van der Waals surface area contributed by atoms with E-state index in [1.165, 1.54) is 33.4 Å². The molecule has 37 heavy (non-hydrogen) atoms. The highest BCUT2D eigenvalue weighted by Gasteiger charge is 2.05. The van der Waals surface area contributed by atoms with Gasteiger partial charge in [-0.25, -0.2) is 0 Å². The van der Waals surface area contributed by atoms with Crippen LogP contribution in [0.3, 0.4) is 0 Å². The lowest BCUT2D eigenvalue weighted by Gasteiger charge is -2.09. The fourth-order valence-corrected chi connectivity index (χ4v) is 4.83. The van der Waals surface area contributed by atoms with Crippen LogP contribution in [0.1, 0.15) is 33.4 Å². The van der Waals surface area contributed by atoms with Crippen molar-refractivity contribution < 1.29 is 0 Å². The van der Waals surface area contributed by atoms with E-state index < -0.39 is 0 Å². The molecule has 0 radical (unpaired) electrons. The van der Waals surface area contributed by atoms with Gasteiger partial charge in [0.25, 0.3) is 0 Å². The summed E-state index contributed by atoms with van der Waals surface area (Å²) in [6.45, 7) is 4.12. The van der Waals surface area contributed by atoms with Gasteiger partial charge >= 0.3 is 0 Å². The largest absolute Gasteiger partial charge is 0.256 e. The summed E-state index contributed by atoms with van der Waals surface area (Å²) in [6.07, 6.45) is 7.73. The molecule has 0 aliphatic carbocycles. The third-order valence-electron chi connectivity index (χ3n) is 6.74. The third-order valence-corrected chi connectivity index (χ3v) is 6.96. The summed E-state index contributed by atoms with van der Waals surface area (Å²) in [7, 11) is 0. The molecule has 0 saturated carbocycles. The number of hydrogen-bond acceptors (Lipinski definition) is 2. The average molecular weight is 503 g/mol. The Labute approximate surface area is 225 Å². The minimum absolute atomic E-state index is 0.814. The smallest absolute Gasteiger partial charge is 0.0702 e. The Hall–Kier alpha value is -3.75. The van der Waals surface area contributed by atoms with Gasteiger partial charge in [-0.2, -0.15) is 0 Å². The lowest BCUT2D eigenvalue weighted by molar-refractivity contribution is 0.931. The molecule has 2 heterocycles. The summed E-state index contributed by atoms with van der Waals surface area (Å²) in [5.41, 5.74) is 11.9. The summed E-state index contributed by atoms with van der Waals surface area (Å²) >= 11 is 6.50. The summed E-state index contributed by atoms with van der Waals surface area (Å²) in [5.74, 6) is 0. The average Bonchev–Trinajstić information content (AvgIpc) is 2.92. The Kier molecular flexibility index (Phi) is 7.77. The summed E-state index contributed by atoms with van der Waals surface area (Å²) in [6, 6.07) is 32.3. The van der Waals surface area contributed by atoms with E-state index in [1.54, 1.807) is 0 Å². The van der Waals surface area contributed by atoms with Crippen LogP contribution in [-0.2, 0) is 25.7 Å². The zero-order valence-corrected chi connectivity index (χ0v) is 22.2. The Morgan fingerprint density at radius 3 is 1.27 bits per heavy atom. The van der Waals surface area contributed by atoms with Gasteiger partial charge in [0.05, 0.1) is 11.4 Å². The molecule has 0 bridgehead atoms. The predicted molar refractivity (Wildman–Crippen MR) is 155 cm³/mol. The van der Waals surface area contributed by atoms with E-state index in [1.807, 2.05) is 12.4 Å². The lowest BCUT2D eigenvalue weighted by Crippen LogP contribution is -1.96. The maximum absolute atomic E-state index is 6.50. The second kappa shape index (κ2) is 11.5. The van der Waals surface area contributed by atoms with Crippen molar-refractivity contribution in [3.8, 4) is 22.5 Å². The van der Waals surface area contributed by atoms with E-state index in [0.717, 1.165) is 53.2 Å². The van der Waals surface area contributed by atoms with Gasteiger partial charge in [-0.1, -0.05) is 78.3 Å². The van der Waals surface area contributed by atoms with Gasteiger partial charge in [-0.3, -0.25) is 9.97 Å². The summed E-state index contributed by atoms with van der Waals surface area (Å²) in [5, 5.41) is 0.814. The van der Waals surface area contributed by atoms with E-state index in [-0.39, 0.29) is 0 Å². The van der Waals surface area contributed by atoms with Crippen molar-refractivity contribution in [1.82, 2.24) is 9.97 Å². The first kappa shape index (κ1) is 24.9. The highest BCUT2D eigenvalue weighted by Crippen LogP contribution is 2.22. The second-order valence-electron chi connectivity index (χ2n) is 9.80. The predicted octanol–water partition coefficient (Wildman–Crippen LogP) is 8.65. The molecule has 0 unspecified atom stereocenters. The van der Waals surface area contributed by atoms with Crippen LogP contribution in [0.25, 0.3) is 22.5 Å². The highest BCUT2D eigenvalue weighted by molar-refractivity contribution is 6.30. The first-order valence-electron chi connectivity index (χ1n) is 12.8. The number of pyridine rings is 2. The van der Waals surface area contributed by atoms with E-state index in [2.05, 4.69) is 115 Å². The van der Waals surface area contributed by atoms with Crippen molar-refractivity contribution in [2.75, 3.05) is 0 Å². The topological polar surface area (TPSA) is 25.8 Å². The maximum atomic E-state index is 6.50. The number of benzene rings is 3. The van der Waals surface area contributed by atoms with Crippen LogP contribution in [0.4, 0.5) is 0 Å². The van der Waals surface area contributed by atoms with Crippen LogP contribution in [0.5, 0.6) is 0 Å². The van der Waals surface area contributed by atoms with Crippen LogP contribution >= 0.6 is 11.6 Å². The molecular formula is C34H31ClN2. The van der Waals surface area contributed by atoms with Gasteiger partial charge < -0.3 is 0 Å².